The smallest absolute Gasteiger partial charge is 0.238 e. The van der Waals surface area contributed by atoms with E-state index in [2.05, 4.69) is 22.4 Å². The molecule has 0 bridgehead atoms. The van der Waals surface area contributed by atoms with E-state index >= 15 is 0 Å². The second-order valence-electron chi connectivity index (χ2n) is 10.4. The molecule has 1 N–H and O–H groups in total. The average molecular weight is 532 g/mol. The Morgan fingerprint density at radius 3 is 2.56 bits per heavy atom. The van der Waals surface area contributed by atoms with Gasteiger partial charge in [-0.05, 0) is 66.8 Å². The number of aryl methyl sites for hydroxylation is 1. The Morgan fingerprint density at radius 2 is 1.79 bits per heavy atom. The van der Waals surface area contributed by atoms with E-state index in [4.69, 9.17) is 0 Å². The van der Waals surface area contributed by atoms with Crippen molar-refractivity contribution in [2.24, 2.45) is 5.92 Å². The maximum absolute atomic E-state index is 14.6. The van der Waals surface area contributed by atoms with E-state index < -0.39 is 23.4 Å². The zero-order chi connectivity index (χ0) is 26.9. The zero-order valence-corrected chi connectivity index (χ0v) is 22.2. The Bertz CT molecular complexity index is 1690. The largest absolute Gasteiger partial charge is 0.352 e. The van der Waals surface area contributed by atoms with Gasteiger partial charge in [-0.1, -0.05) is 48.0 Å². The molecule has 3 aliphatic heterocycles. The molecule has 0 radical (unpaired) electrons. The Balaban J connectivity index is 1.57. The van der Waals surface area contributed by atoms with Crippen molar-refractivity contribution in [3.05, 3.63) is 118 Å². The number of thiophene rings is 1. The van der Waals surface area contributed by atoms with Crippen LogP contribution in [0.5, 0.6) is 0 Å². The van der Waals surface area contributed by atoms with Crippen LogP contribution in [0.4, 0.5) is 11.4 Å². The molecule has 0 saturated carbocycles. The van der Waals surface area contributed by atoms with Crippen LogP contribution in [0.3, 0.4) is 0 Å². The molecular formula is C32H25N3O3S. The Kier molecular flexibility index (Phi) is 5.22. The number of fused-ring (bicyclic) bond motifs is 6. The van der Waals surface area contributed by atoms with Gasteiger partial charge >= 0.3 is 0 Å². The highest BCUT2D eigenvalue weighted by molar-refractivity contribution is 7.12. The molecule has 1 saturated heterocycles. The summed E-state index contributed by atoms with van der Waals surface area (Å²) < 4.78 is 0. The number of nitrogens with zero attached hydrogens (tertiary/aromatic N) is 2. The molecule has 2 aromatic heterocycles. The summed E-state index contributed by atoms with van der Waals surface area (Å²) in [6, 6.07) is 21.0. The molecule has 3 aliphatic rings. The molecule has 7 rings (SSSR count). The molecule has 1 spiro atoms. The van der Waals surface area contributed by atoms with Gasteiger partial charge in [-0.2, -0.15) is 0 Å². The number of carbonyl (C=O) groups excluding carboxylic acids is 3. The van der Waals surface area contributed by atoms with Gasteiger partial charge in [0.05, 0.1) is 16.8 Å². The Hall–Kier alpha value is -4.36. The van der Waals surface area contributed by atoms with Gasteiger partial charge in [0.1, 0.15) is 17.2 Å². The van der Waals surface area contributed by atoms with Gasteiger partial charge in [-0.15, -0.1) is 11.3 Å². The highest BCUT2D eigenvalue weighted by Crippen LogP contribution is 2.58. The van der Waals surface area contributed by atoms with Crippen molar-refractivity contribution in [2.45, 2.75) is 31.3 Å². The van der Waals surface area contributed by atoms with Crippen LogP contribution in [-0.4, -0.2) is 34.5 Å². The predicted molar refractivity (Wildman–Crippen MR) is 152 cm³/mol. The number of benzene rings is 2. The van der Waals surface area contributed by atoms with Crippen LogP contribution >= 0.6 is 11.3 Å². The lowest BCUT2D eigenvalue weighted by atomic mass is 9.64. The molecule has 5 heterocycles. The average Bonchev–Trinajstić information content (AvgIpc) is 3.66. The summed E-state index contributed by atoms with van der Waals surface area (Å²) in [5.41, 5.74) is 4.29. The van der Waals surface area contributed by atoms with Gasteiger partial charge < -0.3 is 10.2 Å². The summed E-state index contributed by atoms with van der Waals surface area (Å²) in [6.07, 6.45) is 3.65. The third-order valence-electron chi connectivity index (χ3n) is 8.36. The molecule has 0 aliphatic carbocycles. The number of pyridine rings is 1. The number of carbonyl (C=O) groups is 3. The minimum absolute atomic E-state index is 0.169. The molecule has 4 aromatic rings. The van der Waals surface area contributed by atoms with Crippen molar-refractivity contribution >= 4 is 45.8 Å². The fraction of sp³-hybridized carbons (Fsp3) is 0.188. The van der Waals surface area contributed by atoms with E-state index in [9.17, 15) is 14.4 Å². The van der Waals surface area contributed by atoms with Gasteiger partial charge in [0.25, 0.3) is 0 Å². The van der Waals surface area contributed by atoms with Crippen molar-refractivity contribution in [2.75, 3.05) is 10.2 Å². The van der Waals surface area contributed by atoms with Crippen molar-refractivity contribution in [3.8, 4) is 0 Å². The standard InChI is InChI=1S/C32H25N3O3S/c1-18-12-13-24-20(16-18)19(2)17-26-32(21-8-3-4-9-22(21)34-31(32)38)27(29(36)23-10-5-6-14-33-23)28(35(24)26)30(37)25-11-7-15-39-25/h3-17,26-28H,1-2H3,(H,34,38)/t26-,27+,28-,32+/m0/s1. The SMILES string of the molecule is CC1=C[C@@H]2N(c3ccc(C)cc31)[C@H](C(=O)c1cccs1)[C@H](C(=O)c1ccccn1)[C@]21C(=O)Nc2ccccc21. The normalized spacial score (nSPS) is 24.6. The van der Waals surface area contributed by atoms with E-state index in [0.717, 1.165) is 28.0 Å². The van der Waals surface area contributed by atoms with Crippen LogP contribution in [0.1, 0.15) is 43.8 Å². The van der Waals surface area contributed by atoms with Crippen LogP contribution in [0.2, 0.25) is 0 Å². The maximum Gasteiger partial charge on any atom is 0.238 e. The number of amides is 1. The summed E-state index contributed by atoms with van der Waals surface area (Å²) in [6.45, 7) is 4.07. The van der Waals surface area contributed by atoms with Crippen molar-refractivity contribution in [3.63, 3.8) is 0 Å². The molecule has 1 amide bonds. The molecular weight excluding hydrogens is 506 g/mol. The quantitative estimate of drug-likeness (QED) is 0.342. The number of hydrogen-bond acceptors (Lipinski definition) is 6. The van der Waals surface area contributed by atoms with Crippen LogP contribution in [0.25, 0.3) is 5.57 Å². The van der Waals surface area contributed by atoms with Crippen LogP contribution in [-0.2, 0) is 10.2 Å². The van der Waals surface area contributed by atoms with Crippen LogP contribution in [0.15, 0.2) is 90.4 Å². The van der Waals surface area contributed by atoms with Gasteiger partial charge in [-0.3, -0.25) is 19.4 Å². The first kappa shape index (κ1) is 23.7. The first-order valence-electron chi connectivity index (χ1n) is 12.9. The van der Waals surface area contributed by atoms with Crippen LogP contribution < -0.4 is 10.2 Å². The third kappa shape index (κ3) is 3.20. The number of para-hydroxylation sites is 1. The Morgan fingerprint density at radius 1 is 0.974 bits per heavy atom. The lowest BCUT2D eigenvalue weighted by Crippen LogP contribution is -2.51. The van der Waals surface area contributed by atoms with Gasteiger partial charge in [0.2, 0.25) is 5.91 Å². The maximum atomic E-state index is 14.6. The van der Waals surface area contributed by atoms with Gasteiger partial charge in [0, 0.05) is 23.1 Å². The second kappa shape index (κ2) is 8.58. The summed E-state index contributed by atoms with van der Waals surface area (Å²) >= 11 is 1.35. The number of allylic oxidation sites excluding steroid dienone is 1. The van der Waals surface area contributed by atoms with E-state index in [1.165, 1.54) is 11.3 Å². The zero-order valence-electron chi connectivity index (χ0n) is 21.4. The fourth-order valence-electron chi connectivity index (χ4n) is 6.78. The summed E-state index contributed by atoms with van der Waals surface area (Å²) in [4.78, 5) is 50.4. The first-order chi connectivity index (χ1) is 18.9. The number of ketones is 2. The van der Waals surface area contributed by atoms with E-state index in [1.54, 1.807) is 30.5 Å². The second-order valence-corrected chi connectivity index (χ2v) is 11.4. The van der Waals surface area contributed by atoms with E-state index in [1.807, 2.05) is 66.6 Å². The number of hydrogen-bond donors (Lipinski definition) is 1. The molecule has 4 atom stereocenters. The first-order valence-corrected chi connectivity index (χ1v) is 13.8. The Labute approximate surface area is 230 Å². The van der Waals surface area contributed by atoms with Crippen molar-refractivity contribution < 1.29 is 14.4 Å². The molecule has 6 nitrogen and oxygen atoms in total. The van der Waals surface area contributed by atoms with E-state index in [0.29, 0.717) is 10.6 Å². The topological polar surface area (TPSA) is 79.4 Å². The molecule has 2 aromatic carbocycles. The number of rotatable bonds is 4. The van der Waals surface area contributed by atoms with Crippen LogP contribution in [0, 0.1) is 12.8 Å². The molecule has 1 fully saturated rings. The minimum Gasteiger partial charge on any atom is -0.352 e. The molecule has 39 heavy (non-hydrogen) atoms. The number of aromatic nitrogens is 1. The lowest BCUT2D eigenvalue weighted by molar-refractivity contribution is -0.121. The lowest BCUT2D eigenvalue weighted by Gasteiger charge is -2.39. The fourth-order valence-corrected chi connectivity index (χ4v) is 7.48. The summed E-state index contributed by atoms with van der Waals surface area (Å²) in [5, 5.41) is 4.93. The molecule has 192 valence electrons. The van der Waals surface area contributed by atoms with Gasteiger partial charge in [-0.25, -0.2) is 0 Å². The summed E-state index contributed by atoms with van der Waals surface area (Å²) in [7, 11) is 0. The number of Topliss-reactive ketones (excluding diaryl/α,β-unsaturated/α-hetero) is 2. The molecule has 0 unspecified atom stereocenters. The van der Waals surface area contributed by atoms with Gasteiger partial charge in [0.15, 0.2) is 11.6 Å². The number of anilines is 2. The summed E-state index contributed by atoms with van der Waals surface area (Å²) in [5.74, 6) is -1.76. The van der Waals surface area contributed by atoms with Crippen molar-refractivity contribution in [1.82, 2.24) is 4.98 Å². The highest BCUT2D eigenvalue weighted by atomic mass is 32.1. The monoisotopic (exact) mass is 531 g/mol. The van der Waals surface area contributed by atoms with E-state index in [-0.39, 0.29) is 23.2 Å². The number of nitrogens with one attached hydrogen (secondary N) is 1. The van der Waals surface area contributed by atoms with Crippen molar-refractivity contribution in [1.29, 1.82) is 0 Å². The highest BCUT2D eigenvalue weighted by Gasteiger charge is 2.70. The minimum atomic E-state index is -1.33. The third-order valence-corrected chi connectivity index (χ3v) is 9.25. The predicted octanol–water partition coefficient (Wildman–Crippen LogP) is 5.70. The molecule has 7 heteroatoms.